The predicted molar refractivity (Wildman–Crippen MR) is 98.4 cm³/mol. The lowest BCUT2D eigenvalue weighted by atomic mass is 10.1. The van der Waals surface area contributed by atoms with E-state index in [4.69, 9.17) is 23.2 Å². The molecule has 0 fully saturated rings. The first-order chi connectivity index (χ1) is 12.4. The van der Waals surface area contributed by atoms with Crippen LogP contribution in [0.1, 0.15) is 5.56 Å². The second kappa shape index (κ2) is 7.45. The van der Waals surface area contributed by atoms with Gasteiger partial charge in [-0.3, -0.25) is 5.10 Å². The molecular weight excluding hydrogens is 402 g/mol. The molecule has 1 heterocycles. The molecule has 3 aromatic rings. The topological polar surface area (TPSA) is 87.2 Å². The quantitative estimate of drug-likeness (QED) is 0.492. The molecule has 0 aliphatic carbocycles. The van der Waals surface area contributed by atoms with Crippen LogP contribution in [0.25, 0.3) is 11.3 Å². The molecule has 0 saturated heterocycles. The Hall–Kier alpha value is -2.42. The maximum Gasteiger partial charge on any atom is 0.278 e. The van der Waals surface area contributed by atoms with E-state index in [1.807, 2.05) is 0 Å². The first kappa shape index (κ1) is 18.4. The first-order valence-electron chi connectivity index (χ1n) is 7.16. The lowest BCUT2D eigenvalue weighted by Crippen LogP contribution is -2.18. The summed E-state index contributed by atoms with van der Waals surface area (Å²) in [5, 5.41) is 10.6. The zero-order chi connectivity index (χ0) is 18.7. The summed E-state index contributed by atoms with van der Waals surface area (Å²) in [6.07, 6.45) is 2.74. The van der Waals surface area contributed by atoms with Crippen LogP contribution in [0.4, 0.5) is 4.39 Å². The number of nitrogens with zero attached hydrogens (tertiary/aromatic N) is 2. The molecule has 0 unspecified atom stereocenters. The number of halogens is 3. The molecule has 0 radical (unpaired) electrons. The number of rotatable bonds is 5. The third-order valence-corrected chi connectivity index (χ3v) is 5.30. The minimum Gasteiger partial charge on any atom is -0.277 e. The van der Waals surface area contributed by atoms with Gasteiger partial charge in [0.05, 0.1) is 23.1 Å². The molecule has 0 aliphatic rings. The van der Waals surface area contributed by atoms with Gasteiger partial charge in [-0.2, -0.15) is 18.6 Å². The third-order valence-electron chi connectivity index (χ3n) is 3.36. The van der Waals surface area contributed by atoms with Gasteiger partial charge in [0.2, 0.25) is 0 Å². The Kier molecular flexibility index (Phi) is 5.26. The third kappa shape index (κ3) is 4.04. The number of aromatic amines is 1. The number of benzene rings is 2. The van der Waals surface area contributed by atoms with Gasteiger partial charge in [-0.05, 0) is 42.5 Å². The summed E-state index contributed by atoms with van der Waals surface area (Å²) in [7, 11) is -3.99. The minimum absolute atomic E-state index is 0.0208. The van der Waals surface area contributed by atoms with Gasteiger partial charge >= 0.3 is 0 Å². The zero-order valence-corrected chi connectivity index (χ0v) is 15.3. The van der Waals surface area contributed by atoms with E-state index in [0.717, 1.165) is 0 Å². The number of hydrazone groups is 1. The van der Waals surface area contributed by atoms with Crippen LogP contribution in [0.2, 0.25) is 10.0 Å². The number of sulfonamides is 1. The van der Waals surface area contributed by atoms with Crippen molar-refractivity contribution in [2.24, 2.45) is 5.10 Å². The fourth-order valence-corrected chi connectivity index (χ4v) is 3.69. The molecule has 0 saturated carbocycles. The fraction of sp³-hybridized carbons (Fsp3) is 0. The van der Waals surface area contributed by atoms with Crippen molar-refractivity contribution in [3.05, 3.63) is 70.1 Å². The second-order valence-corrected chi connectivity index (χ2v) is 7.61. The van der Waals surface area contributed by atoms with Crippen LogP contribution < -0.4 is 4.83 Å². The summed E-state index contributed by atoms with van der Waals surface area (Å²) >= 11 is 11.7. The summed E-state index contributed by atoms with van der Waals surface area (Å²) in [5.41, 5.74) is 1.75. The van der Waals surface area contributed by atoms with Gasteiger partial charge in [-0.25, -0.2) is 9.22 Å². The maximum atomic E-state index is 13.0. The van der Waals surface area contributed by atoms with Gasteiger partial charge in [-0.1, -0.05) is 23.2 Å². The number of H-pyrrole nitrogens is 1. The van der Waals surface area contributed by atoms with Gasteiger partial charge in [0, 0.05) is 16.1 Å². The minimum atomic E-state index is -3.99. The van der Waals surface area contributed by atoms with E-state index >= 15 is 0 Å². The summed E-state index contributed by atoms with van der Waals surface area (Å²) in [4.78, 5) is 1.88. The van der Waals surface area contributed by atoms with Crippen molar-refractivity contribution in [1.82, 2.24) is 15.0 Å². The molecule has 3 rings (SSSR count). The highest BCUT2D eigenvalue weighted by Crippen LogP contribution is 2.25. The van der Waals surface area contributed by atoms with E-state index in [-0.39, 0.29) is 20.8 Å². The molecule has 0 bridgehead atoms. The van der Waals surface area contributed by atoms with E-state index in [0.29, 0.717) is 16.8 Å². The Morgan fingerprint density at radius 3 is 2.62 bits per heavy atom. The Morgan fingerprint density at radius 1 is 1.15 bits per heavy atom. The molecule has 10 heteroatoms. The van der Waals surface area contributed by atoms with Crippen molar-refractivity contribution in [2.75, 3.05) is 0 Å². The molecule has 0 spiro atoms. The van der Waals surface area contributed by atoms with E-state index in [1.54, 1.807) is 12.1 Å². The van der Waals surface area contributed by atoms with Crippen LogP contribution in [0, 0.1) is 5.82 Å². The normalized spacial score (nSPS) is 11.8. The molecule has 1 aromatic heterocycles. The van der Waals surface area contributed by atoms with Crippen LogP contribution in [0.15, 0.2) is 58.7 Å². The van der Waals surface area contributed by atoms with Crippen molar-refractivity contribution in [1.29, 1.82) is 0 Å². The highest BCUT2D eigenvalue weighted by Gasteiger charge is 2.17. The second-order valence-electron chi connectivity index (χ2n) is 5.13. The molecule has 6 nitrogen and oxygen atoms in total. The smallest absolute Gasteiger partial charge is 0.277 e. The van der Waals surface area contributed by atoms with Gasteiger partial charge in [-0.15, -0.1) is 0 Å². The molecular formula is C16H11Cl2FN4O2S. The van der Waals surface area contributed by atoms with E-state index in [2.05, 4.69) is 20.1 Å². The molecule has 134 valence electrons. The standard InChI is InChI=1S/C16H11Cl2FN4O2S/c17-12-3-6-14(18)15(7-12)26(24,25)23-21-9-11-8-20-22-16(11)10-1-4-13(19)5-2-10/h1-9,23H,(H,20,22)/b21-9-. The van der Waals surface area contributed by atoms with Gasteiger partial charge in [0.15, 0.2) is 0 Å². The largest absolute Gasteiger partial charge is 0.278 e. The Morgan fingerprint density at radius 2 is 1.88 bits per heavy atom. The SMILES string of the molecule is O=S(=O)(N/N=C\c1cn[nH]c1-c1ccc(F)cc1)c1cc(Cl)ccc1Cl. The predicted octanol–water partition coefficient (Wildman–Crippen LogP) is 3.84. The number of hydrogen-bond donors (Lipinski definition) is 2. The van der Waals surface area contributed by atoms with Gasteiger partial charge in [0.1, 0.15) is 10.7 Å². The number of nitrogens with one attached hydrogen (secondary N) is 2. The lowest BCUT2D eigenvalue weighted by Gasteiger charge is -2.06. The molecule has 2 aromatic carbocycles. The monoisotopic (exact) mass is 412 g/mol. The Bertz CT molecular complexity index is 1070. The molecule has 2 N–H and O–H groups in total. The Labute approximate surface area is 158 Å². The molecule has 26 heavy (non-hydrogen) atoms. The van der Waals surface area contributed by atoms with Crippen molar-refractivity contribution < 1.29 is 12.8 Å². The molecule has 0 aliphatic heterocycles. The lowest BCUT2D eigenvalue weighted by molar-refractivity contribution is 0.584. The van der Waals surface area contributed by atoms with E-state index in [9.17, 15) is 12.8 Å². The van der Waals surface area contributed by atoms with Crippen molar-refractivity contribution in [3.63, 3.8) is 0 Å². The van der Waals surface area contributed by atoms with Crippen LogP contribution in [-0.2, 0) is 10.0 Å². The van der Waals surface area contributed by atoms with Crippen LogP contribution in [0.3, 0.4) is 0 Å². The summed E-state index contributed by atoms with van der Waals surface area (Å²) < 4.78 is 37.6. The summed E-state index contributed by atoms with van der Waals surface area (Å²) in [5.74, 6) is -0.366. The van der Waals surface area contributed by atoms with Crippen molar-refractivity contribution in [3.8, 4) is 11.3 Å². The number of hydrogen-bond acceptors (Lipinski definition) is 4. The Balaban J connectivity index is 1.82. The van der Waals surface area contributed by atoms with Crippen molar-refractivity contribution >= 4 is 39.4 Å². The summed E-state index contributed by atoms with van der Waals surface area (Å²) in [6.45, 7) is 0. The van der Waals surface area contributed by atoms with Crippen LogP contribution in [0.5, 0.6) is 0 Å². The highest BCUT2D eigenvalue weighted by molar-refractivity contribution is 7.89. The average molecular weight is 413 g/mol. The highest BCUT2D eigenvalue weighted by atomic mass is 35.5. The maximum absolute atomic E-state index is 13.0. The van der Waals surface area contributed by atoms with Crippen LogP contribution >= 0.6 is 23.2 Å². The fourth-order valence-electron chi connectivity index (χ4n) is 2.14. The number of aromatic nitrogens is 2. The van der Waals surface area contributed by atoms with Gasteiger partial charge in [0.25, 0.3) is 10.0 Å². The zero-order valence-electron chi connectivity index (χ0n) is 12.9. The van der Waals surface area contributed by atoms with E-state index < -0.39 is 10.0 Å². The average Bonchev–Trinajstić information content (AvgIpc) is 3.06. The van der Waals surface area contributed by atoms with Gasteiger partial charge < -0.3 is 0 Å². The molecule has 0 atom stereocenters. The van der Waals surface area contributed by atoms with Crippen molar-refractivity contribution in [2.45, 2.75) is 4.90 Å². The van der Waals surface area contributed by atoms with Crippen LogP contribution in [-0.4, -0.2) is 24.8 Å². The first-order valence-corrected chi connectivity index (χ1v) is 9.40. The molecule has 0 amide bonds. The summed E-state index contributed by atoms with van der Waals surface area (Å²) in [6, 6.07) is 9.83. The van der Waals surface area contributed by atoms with E-state index in [1.165, 1.54) is 42.7 Å².